The first-order valence-electron chi connectivity index (χ1n) is 7.22. The number of fused-ring (bicyclic) bond motifs is 1. The van der Waals surface area contributed by atoms with Crippen LogP contribution in [0, 0.1) is 5.92 Å². The number of aromatic nitrogens is 4. The molecule has 1 aromatic carbocycles. The highest BCUT2D eigenvalue weighted by Crippen LogP contribution is 2.48. The van der Waals surface area contributed by atoms with Crippen molar-refractivity contribution in [1.82, 2.24) is 20.2 Å². The van der Waals surface area contributed by atoms with Crippen LogP contribution in [0.2, 0.25) is 0 Å². The maximum Gasteiger partial charge on any atom is 0.253 e. The second-order valence-corrected chi connectivity index (χ2v) is 5.66. The Labute approximate surface area is 130 Å². The van der Waals surface area contributed by atoms with Gasteiger partial charge in [0, 0.05) is 36.0 Å². The Balaban J connectivity index is 1.67. The summed E-state index contributed by atoms with van der Waals surface area (Å²) in [5.41, 5.74) is 8.05. The first kappa shape index (κ1) is 13.9. The van der Waals surface area contributed by atoms with Crippen LogP contribution in [0.4, 0.5) is 20.5 Å². The molecule has 0 amide bonds. The molecule has 8 heteroatoms. The number of hydrogen-bond acceptors (Lipinski definition) is 5. The molecule has 1 fully saturated rings. The number of benzene rings is 1. The highest BCUT2D eigenvalue weighted by Gasteiger charge is 2.56. The van der Waals surface area contributed by atoms with E-state index in [2.05, 4.69) is 25.5 Å². The first-order valence-corrected chi connectivity index (χ1v) is 7.22. The van der Waals surface area contributed by atoms with Gasteiger partial charge in [-0.3, -0.25) is 5.10 Å². The zero-order valence-electron chi connectivity index (χ0n) is 12.1. The van der Waals surface area contributed by atoms with Gasteiger partial charge in [-0.05, 0) is 18.2 Å². The van der Waals surface area contributed by atoms with E-state index in [-0.39, 0.29) is 18.9 Å². The van der Waals surface area contributed by atoms with Gasteiger partial charge in [0.2, 0.25) is 5.95 Å². The molecule has 0 saturated heterocycles. The number of halogens is 2. The van der Waals surface area contributed by atoms with Crippen molar-refractivity contribution in [3.8, 4) is 11.3 Å². The largest absolute Gasteiger partial charge is 0.369 e. The molecular weight excluding hydrogens is 302 g/mol. The Morgan fingerprint density at radius 2 is 2.13 bits per heavy atom. The number of aromatic amines is 1. The number of nitrogens with two attached hydrogens (primary N) is 1. The van der Waals surface area contributed by atoms with Gasteiger partial charge >= 0.3 is 0 Å². The topological polar surface area (TPSA) is 92.5 Å². The fraction of sp³-hybridized carbons (Fsp3) is 0.267. The molecule has 0 radical (unpaired) electrons. The van der Waals surface area contributed by atoms with Crippen LogP contribution in [0.25, 0.3) is 22.2 Å². The van der Waals surface area contributed by atoms with Crippen molar-refractivity contribution in [2.45, 2.75) is 12.3 Å². The first-order chi connectivity index (χ1) is 11.0. The zero-order valence-corrected chi connectivity index (χ0v) is 12.1. The monoisotopic (exact) mass is 316 g/mol. The molecule has 1 atom stereocenters. The van der Waals surface area contributed by atoms with E-state index in [0.717, 1.165) is 16.6 Å². The van der Waals surface area contributed by atoms with Crippen molar-refractivity contribution in [3.63, 3.8) is 0 Å². The highest BCUT2D eigenvalue weighted by molar-refractivity contribution is 5.92. The van der Waals surface area contributed by atoms with E-state index in [0.29, 0.717) is 11.3 Å². The van der Waals surface area contributed by atoms with Crippen LogP contribution < -0.4 is 11.1 Å². The third-order valence-electron chi connectivity index (χ3n) is 3.98. The summed E-state index contributed by atoms with van der Waals surface area (Å²) in [6, 6.07) is 7.42. The predicted molar refractivity (Wildman–Crippen MR) is 83.1 cm³/mol. The molecule has 1 saturated carbocycles. The lowest BCUT2D eigenvalue weighted by molar-refractivity contribution is 0.101. The maximum absolute atomic E-state index is 13.0. The molecule has 0 bridgehead atoms. The Morgan fingerprint density at radius 1 is 1.30 bits per heavy atom. The smallest absolute Gasteiger partial charge is 0.253 e. The minimum absolute atomic E-state index is 0.0815. The molecule has 0 aliphatic heterocycles. The zero-order chi connectivity index (χ0) is 16.0. The van der Waals surface area contributed by atoms with Gasteiger partial charge in [0.15, 0.2) is 0 Å². The molecule has 118 valence electrons. The summed E-state index contributed by atoms with van der Waals surface area (Å²) in [5.74, 6) is -2.63. The fourth-order valence-electron chi connectivity index (χ4n) is 2.57. The van der Waals surface area contributed by atoms with Crippen molar-refractivity contribution < 1.29 is 8.78 Å². The minimum Gasteiger partial charge on any atom is -0.369 e. The Bertz CT molecular complexity index is 862. The average Bonchev–Trinajstić information content (AvgIpc) is 2.92. The lowest BCUT2D eigenvalue weighted by atomic mass is 10.1. The second kappa shape index (κ2) is 4.87. The molecule has 4 rings (SSSR count). The van der Waals surface area contributed by atoms with E-state index < -0.39 is 11.8 Å². The number of nitrogens with zero attached hydrogens (tertiary/aromatic N) is 3. The number of rotatable bonds is 4. The van der Waals surface area contributed by atoms with Crippen molar-refractivity contribution in [3.05, 3.63) is 30.5 Å². The van der Waals surface area contributed by atoms with Gasteiger partial charge in [0.05, 0.1) is 11.2 Å². The van der Waals surface area contributed by atoms with Crippen LogP contribution in [0.3, 0.4) is 0 Å². The number of hydrogen-bond donors (Lipinski definition) is 3. The summed E-state index contributed by atoms with van der Waals surface area (Å²) in [5, 5.41) is 10.6. The summed E-state index contributed by atoms with van der Waals surface area (Å²) in [6.07, 6.45) is 1.65. The molecular formula is C15H14F2N6. The van der Waals surface area contributed by atoms with Crippen LogP contribution in [0.1, 0.15) is 6.42 Å². The molecule has 1 aliphatic carbocycles. The number of anilines is 2. The van der Waals surface area contributed by atoms with Crippen molar-refractivity contribution in [2.75, 3.05) is 17.6 Å². The minimum atomic E-state index is -2.56. The lowest BCUT2D eigenvalue weighted by Gasteiger charge is -2.10. The van der Waals surface area contributed by atoms with E-state index in [1.807, 2.05) is 24.3 Å². The maximum atomic E-state index is 13.0. The Hall–Kier alpha value is -2.77. The number of alkyl halides is 2. The van der Waals surface area contributed by atoms with Gasteiger partial charge in [0.1, 0.15) is 5.82 Å². The number of nitrogens with one attached hydrogen (secondary N) is 2. The quantitative estimate of drug-likeness (QED) is 0.688. The van der Waals surface area contributed by atoms with Crippen LogP contribution >= 0.6 is 0 Å². The van der Waals surface area contributed by atoms with E-state index in [4.69, 9.17) is 5.73 Å². The van der Waals surface area contributed by atoms with Crippen molar-refractivity contribution in [2.24, 2.45) is 5.92 Å². The van der Waals surface area contributed by atoms with Gasteiger partial charge in [-0.15, -0.1) is 0 Å². The van der Waals surface area contributed by atoms with Crippen molar-refractivity contribution in [1.29, 1.82) is 0 Å². The number of nitrogen functional groups attached to an aromatic ring is 1. The van der Waals surface area contributed by atoms with Gasteiger partial charge in [0.25, 0.3) is 5.92 Å². The molecule has 0 spiro atoms. The third-order valence-corrected chi connectivity index (χ3v) is 3.98. The Kier molecular flexibility index (Phi) is 2.93. The molecule has 1 unspecified atom stereocenters. The fourth-order valence-corrected chi connectivity index (χ4v) is 2.57. The summed E-state index contributed by atoms with van der Waals surface area (Å²) >= 11 is 0. The van der Waals surface area contributed by atoms with Crippen molar-refractivity contribution >= 4 is 22.7 Å². The van der Waals surface area contributed by atoms with Gasteiger partial charge in [-0.25, -0.2) is 13.8 Å². The summed E-state index contributed by atoms with van der Waals surface area (Å²) in [7, 11) is 0. The molecule has 6 nitrogen and oxygen atoms in total. The van der Waals surface area contributed by atoms with Gasteiger partial charge in [-0.2, -0.15) is 10.1 Å². The average molecular weight is 316 g/mol. The normalized spacial score (nSPS) is 19.0. The second-order valence-electron chi connectivity index (χ2n) is 5.66. The SMILES string of the molecule is Nc1nc(NCC2CC2(F)F)c2ccc(-c3cc[nH]n3)cc2n1. The van der Waals surface area contributed by atoms with Crippen LogP contribution in [0.15, 0.2) is 30.5 Å². The summed E-state index contributed by atoms with van der Waals surface area (Å²) in [4.78, 5) is 8.35. The van der Waals surface area contributed by atoms with Crippen LogP contribution in [-0.4, -0.2) is 32.6 Å². The molecule has 23 heavy (non-hydrogen) atoms. The van der Waals surface area contributed by atoms with Gasteiger partial charge in [-0.1, -0.05) is 6.07 Å². The predicted octanol–water partition coefficient (Wildman–Crippen LogP) is 2.67. The third kappa shape index (κ3) is 2.56. The summed E-state index contributed by atoms with van der Waals surface area (Å²) in [6.45, 7) is 0.166. The Morgan fingerprint density at radius 3 is 2.83 bits per heavy atom. The summed E-state index contributed by atoms with van der Waals surface area (Å²) < 4.78 is 26.0. The molecule has 2 aromatic heterocycles. The molecule has 2 heterocycles. The van der Waals surface area contributed by atoms with Gasteiger partial charge < -0.3 is 11.1 Å². The number of H-pyrrole nitrogens is 1. The molecule has 3 aromatic rings. The molecule has 4 N–H and O–H groups in total. The van der Waals surface area contributed by atoms with E-state index in [1.165, 1.54) is 0 Å². The van der Waals surface area contributed by atoms with Crippen LogP contribution in [0.5, 0.6) is 0 Å². The lowest BCUT2D eigenvalue weighted by Crippen LogP contribution is -2.11. The standard InChI is InChI=1S/C15H14F2N6/c16-15(17)6-9(15)7-19-13-10-2-1-8(11-3-4-20-23-11)5-12(10)21-14(18)22-13/h1-5,9H,6-7H2,(H,20,23)(H3,18,19,21,22). The highest BCUT2D eigenvalue weighted by atomic mass is 19.3. The van der Waals surface area contributed by atoms with E-state index in [1.54, 1.807) is 6.20 Å². The van der Waals surface area contributed by atoms with E-state index in [9.17, 15) is 8.78 Å². The van der Waals surface area contributed by atoms with Crippen LogP contribution in [-0.2, 0) is 0 Å². The molecule has 1 aliphatic rings. The van der Waals surface area contributed by atoms with E-state index >= 15 is 0 Å².